The number of hydrogen-bond acceptors (Lipinski definition) is 3. The number of pyridine rings is 1. The first-order valence-electron chi connectivity index (χ1n) is 5.08. The molecule has 2 fully saturated rings. The van der Waals surface area contributed by atoms with Gasteiger partial charge in [-0.25, -0.2) is 13.8 Å². The van der Waals surface area contributed by atoms with Crippen LogP contribution in [0.4, 0.5) is 13.2 Å². The highest BCUT2D eigenvalue weighted by Crippen LogP contribution is 2.55. The van der Waals surface area contributed by atoms with Gasteiger partial charge in [0.25, 0.3) is 6.43 Å². The van der Waals surface area contributed by atoms with Crippen LogP contribution in [-0.4, -0.2) is 17.5 Å². The van der Waals surface area contributed by atoms with Crippen molar-refractivity contribution in [2.24, 2.45) is 5.92 Å². The Morgan fingerprint density at radius 2 is 2.35 bits per heavy atom. The van der Waals surface area contributed by atoms with Crippen LogP contribution in [0, 0.1) is 11.9 Å². The first kappa shape index (κ1) is 11.4. The number of fused-ring (bicyclic) bond motifs is 1. The van der Waals surface area contributed by atoms with Crippen LogP contribution in [0.25, 0.3) is 0 Å². The van der Waals surface area contributed by atoms with E-state index in [2.05, 4.69) is 26.4 Å². The third kappa shape index (κ3) is 1.52. The molecule has 0 radical (unpaired) electrons. The fourth-order valence-corrected chi connectivity index (χ4v) is 2.65. The summed E-state index contributed by atoms with van der Waals surface area (Å²) in [4.78, 5) is 8.47. The summed E-state index contributed by atoms with van der Waals surface area (Å²) in [6.07, 6.45) is -1.26. The van der Waals surface area contributed by atoms with Crippen LogP contribution >= 0.6 is 15.9 Å². The Hall–Kier alpha value is -0.660. The van der Waals surface area contributed by atoms with Gasteiger partial charge >= 0.3 is 0 Å². The standard InChI is InChI=1S/C10H8BrF3N2O/c11-4-1-6(8(12)15-3-4)10(9(13)14)5-2-7(5)17-16-10/h1,3,5,7,9,16H,2H2/t5-,7?,10-/m0/s1. The van der Waals surface area contributed by atoms with Gasteiger partial charge < -0.3 is 0 Å². The number of alkyl halides is 2. The number of halogens is 4. The van der Waals surface area contributed by atoms with Crippen molar-refractivity contribution in [1.82, 2.24) is 10.5 Å². The molecule has 1 aromatic heterocycles. The van der Waals surface area contributed by atoms with Gasteiger partial charge in [0.2, 0.25) is 5.95 Å². The van der Waals surface area contributed by atoms with E-state index in [1.165, 1.54) is 12.3 Å². The van der Waals surface area contributed by atoms with E-state index in [-0.39, 0.29) is 11.7 Å². The van der Waals surface area contributed by atoms with Crippen molar-refractivity contribution in [3.63, 3.8) is 0 Å². The second kappa shape index (κ2) is 3.66. The summed E-state index contributed by atoms with van der Waals surface area (Å²) in [5.74, 6) is -1.29. The molecule has 1 saturated carbocycles. The van der Waals surface area contributed by atoms with Crippen molar-refractivity contribution in [2.45, 2.75) is 24.5 Å². The van der Waals surface area contributed by atoms with Gasteiger partial charge in [-0.15, -0.1) is 0 Å². The van der Waals surface area contributed by atoms with Crippen molar-refractivity contribution in [3.05, 3.63) is 28.2 Å². The van der Waals surface area contributed by atoms with Crippen LogP contribution in [0.2, 0.25) is 0 Å². The molecule has 3 rings (SSSR count). The van der Waals surface area contributed by atoms with Crippen molar-refractivity contribution >= 4 is 15.9 Å². The lowest BCUT2D eigenvalue weighted by molar-refractivity contribution is -0.0570. The van der Waals surface area contributed by atoms with Crippen molar-refractivity contribution < 1.29 is 18.0 Å². The highest BCUT2D eigenvalue weighted by atomic mass is 79.9. The first-order chi connectivity index (χ1) is 8.05. The molecule has 3 atom stereocenters. The first-order valence-corrected chi connectivity index (χ1v) is 5.87. The van der Waals surface area contributed by atoms with Gasteiger partial charge in [0.05, 0.1) is 6.10 Å². The minimum Gasteiger partial charge on any atom is -0.297 e. The Morgan fingerprint density at radius 1 is 1.59 bits per heavy atom. The number of hydrogen-bond donors (Lipinski definition) is 1. The third-order valence-electron chi connectivity index (χ3n) is 3.29. The zero-order valence-electron chi connectivity index (χ0n) is 8.46. The van der Waals surface area contributed by atoms with Crippen LogP contribution in [0.1, 0.15) is 12.0 Å². The minimum absolute atomic E-state index is 0.146. The van der Waals surface area contributed by atoms with E-state index in [0.29, 0.717) is 10.9 Å². The summed E-state index contributed by atoms with van der Waals surface area (Å²) in [5, 5.41) is 0. The maximum Gasteiger partial charge on any atom is 0.263 e. The molecule has 1 aromatic rings. The van der Waals surface area contributed by atoms with Gasteiger partial charge in [-0.05, 0) is 28.4 Å². The molecule has 1 saturated heterocycles. The third-order valence-corrected chi connectivity index (χ3v) is 3.73. The van der Waals surface area contributed by atoms with Crippen LogP contribution < -0.4 is 5.48 Å². The molecule has 3 nitrogen and oxygen atoms in total. The van der Waals surface area contributed by atoms with Crippen LogP contribution in [0.15, 0.2) is 16.7 Å². The van der Waals surface area contributed by atoms with E-state index in [0.717, 1.165) is 0 Å². The summed E-state index contributed by atoms with van der Waals surface area (Å²) in [6.45, 7) is 0. The molecule has 0 amide bonds. The fraction of sp³-hybridized carbons (Fsp3) is 0.500. The van der Waals surface area contributed by atoms with Crippen molar-refractivity contribution in [1.29, 1.82) is 0 Å². The van der Waals surface area contributed by atoms with Crippen LogP contribution in [0.5, 0.6) is 0 Å². The molecule has 17 heavy (non-hydrogen) atoms. The maximum atomic E-state index is 13.7. The zero-order chi connectivity index (χ0) is 12.2. The molecule has 1 unspecified atom stereocenters. The Kier molecular flexibility index (Phi) is 2.46. The molecule has 1 aliphatic heterocycles. The smallest absolute Gasteiger partial charge is 0.263 e. The zero-order valence-corrected chi connectivity index (χ0v) is 10.0. The lowest BCUT2D eigenvalue weighted by atomic mass is 9.87. The van der Waals surface area contributed by atoms with Crippen molar-refractivity contribution in [2.75, 3.05) is 0 Å². The topological polar surface area (TPSA) is 34.2 Å². The summed E-state index contributed by atoms with van der Waals surface area (Å²) in [5.41, 5.74) is 0.384. The summed E-state index contributed by atoms with van der Waals surface area (Å²) < 4.78 is 40.8. The average Bonchev–Trinajstić information content (AvgIpc) is 2.97. The molecule has 0 spiro atoms. The Balaban J connectivity index is 2.13. The summed E-state index contributed by atoms with van der Waals surface area (Å²) in [7, 11) is 0. The number of hydroxylamine groups is 1. The molecular formula is C10H8BrF3N2O. The Labute approximate surface area is 103 Å². The highest BCUT2D eigenvalue weighted by Gasteiger charge is 2.66. The van der Waals surface area contributed by atoms with E-state index in [1.54, 1.807) is 0 Å². The molecule has 1 N–H and O–H groups in total. The number of rotatable bonds is 2. The predicted molar refractivity (Wildman–Crippen MR) is 55.7 cm³/mol. The minimum atomic E-state index is -2.76. The van der Waals surface area contributed by atoms with Gasteiger partial charge in [-0.1, -0.05) is 0 Å². The maximum absolute atomic E-state index is 13.7. The second-order valence-corrected chi connectivity index (χ2v) is 5.18. The van der Waals surface area contributed by atoms with Gasteiger partial charge in [-0.3, -0.25) is 4.84 Å². The van der Waals surface area contributed by atoms with E-state index in [9.17, 15) is 13.2 Å². The largest absolute Gasteiger partial charge is 0.297 e. The van der Waals surface area contributed by atoms with E-state index < -0.39 is 23.8 Å². The molecule has 7 heteroatoms. The number of nitrogens with one attached hydrogen (secondary N) is 1. The predicted octanol–water partition coefficient (Wildman–Crippen LogP) is 2.37. The van der Waals surface area contributed by atoms with Gasteiger partial charge in [-0.2, -0.15) is 9.87 Å². The molecule has 1 aliphatic carbocycles. The monoisotopic (exact) mass is 308 g/mol. The van der Waals surface area contributed by atoms with E-state index >= 15 is 0 Å². The lowest BCUT2D eigenvalue weighted by Crippen LogP contribution is -2.47. The lowest BCUT2D eigenvalue weighted by Gasteiger charge is -2.29. The summed E-state index contributed by atoms with van der Waals surface area (Å²) >= 11 is 3.11. The molecule has 2 heterocycles. The van der Waals surface area contributed by atoms with E-state index in [1.807, 2.05) is 0 Å². The SMILES string of the molecule is Fc1ncc(Br)cc1[C@@]1(C(F)F)NOC2C[C@@H]21. The normalized spacial score (nSPS) is 35.1. The fourth-order valence-electron chi connectivity index (χ4n) is 2.32. The van der Waals surface area contributed by atoms with Crippen molar-refractivity contribution in [3.8, 4) is 0 Å². The Bertz CT molecular complexity index is 473. The number of nitrogens with zero attached hydrogens (tertiary/aromatic N) is 1. The molecule has 0 aromatic carbocycles. The molecule has 2 aliphatic rings. The molecular weight excluding hydrogens is 301 g/mol. The van der Waals surface area contributed by atoms with Gasteiger partial charge in [0, 0.05) is 22.2 Å². The highest BCUT2D eigenvalue weighted by molar-refractivity contribution is 9.10. The van der Waals surface area contributed by atoms with Gasteiger partial charge in [0.1, 0.15) is 5.54 Å². The Morgan fingerprint density at radius 3 is 2.88 bits per heavy atom. The van der Waals surface area contributed by atoms with Crippen LogP contribution in [-0.2, 0) is 10.4 Å². The van der Waals surface area contributed by atoms with E-state index in [4.69, 9.17) is 4.84 Å². The molecule has 0 bridgehead atoms. The summed E-state index contributed by atoms with van der Waals surface area (Å²) in [6, 6.07) is 1.32. The average molecular weight is 309 g/mol. The van der Waals surface area contributed by atoms with Gasteiger partial charge in [0.15, 0.2) is 0 Å². The van der Waals surface area contributed by atoms with Crippen LogP contribution in [0.3, 0.4) is 0 Å². The number of aromatic nitrogens is 1. The second-order valence-electron chi connectivity index (χ2n) is 4.26. The quantitative estimate of drug-likeness (QED) is 0.852. The molecule has 92 valence electrons.